The summed E-state index contributed by atoms with van der Waals surface area (Å²) in [6.45, 7) is 4.29. The molecule has 0 bridgehead atoms. The Kier molecular flexibility index (Phi) is 8.42. The van der Waals surface area contributed by atoms with E-state index in [0.29, 0.717) is 28.6 Å². The Bertz CT molecular complexity index is 1120. The van der Waals surface area contributed by atoms with Crippen LogP contribution in [-0.4, -0.2) is 13.0 Å². The molecule has 3 aromatic rings. The lowest BCUT2D eigenvalue weighted by Gasteiger charge is -2.15. The van der Waals surface area contributed by atoms with Gasteiger partial charge in [0.05, 0.1) is 12.1 Å². The molecule has 0 saturated heterocycles. The Balaban J connectivity index is 1.65. The first-order valence-electron chi connectivity index (χ1n) is 10.3. The minimum atomic E-state index is -0.406. The molecular weight excluding hydrogens is 466 g/mol. The molecule has 0 unspecified atom stereocenters. The van der Waals surface area contributed by atoms with Gasteiger partial charge in [-0.15, -0.1) is 0 Å². The molecule has 0 aliphatic rings. The molecule has 0 fully saturated rings. The Morgan fingerprint density at radius 3 is 2.24 bits per heavy atom. The Morgan fingerprint density at radius 1 is 0.939 bits per heavy atom. The average molecular weight is 491 g/mol. The van der Waals surface area contributed by atoms with Gasteiger partial charge in [-0.2, -0.15) is 0 Å². The number of anilines is 2. The van der Waals surface area contributed by atoms with E-state index in [1.807, 2.05) is 38.1 Å². The van der Waals surface area contributed by atoms with E-state index in [-0.39, 0.29) is 23.5 Å². The van der Waals surface area contributed by atoms with Gasteiger partial charge in [-0.1, -0.05) is 43.1 Å². The minimum absolute atomic E-state index is 0.0291. The van der Waals surface area contributed by atoms with Crippen LogP contribution in [0.4, 0.5) is 15.8 Å². The second kappa shape index (κ2) is 11.3. The van der Waals surface area contributed by atoms with Crippen LogP contribution in [0.25, 0.3) is 0 Å². The number of carbonyl (C=O) groups excluding carboxylic acids is 1. The molecule has 1 amide bonds. The summed E-state index contributed by atoms with van der Waals surface area (Å²) in [6.07, 6.45) is 0. The number of hydrogen-bond donors (Lipinski definition) is 2. The normalized spacial score (nSPS) is 10.8. The molecule has 33 heavy (non-hydrogen) atoms. The summed E-state index contributed by atoms with van der Waals surface area (Å²) in [7, 11) is 1.54. The molecule has 0 aliphatic carbocycles. The molecular formula is C25H25Cl2FN2O3. The van der Waals surface area contributed by atoms with Crippen LogP contribution >= 0.6 is 23.2 Å². The monoisotopic (exact) mass is 490 g/mol. The first-order chi connectivity index (χ1) is 15.8. The van der Waals surface area contributed by atoms with E-state index >= 15 is 0 Å². The molecule has 0 aromatic heterocycles. The summed E-state index contributed by atoms with van der Waals surface area (Å²) in [5.74, 6) is 0.451. The van der Waals surface area contributed by atoms with Gasteiger partial charge in [0, 0.05) is 40.5 Å². The van der Waals surface area contributed by atoms with Gasteiger partial charge in [-0.3, -0.25) is 4.79 Å². The van der Waals surface area contributed by atoms with Crippen molar-refractivity contribution in [3.63, 3.8) is 0 Å². The van der Waals surface area contributed by atoms with E-state index in [2.05, 4.69) is 10.6 Å². The van der Waals surface area contributed by atoms with E-state index in [1.54, 1.807) is 25.3 Å². The van der Waals surface area contributed by atoms with Crippen LogP contribution < -0.4 is 20.1 Å². The van der Waals surface area contributed by atoms with Crippen molar-refractivity contribution in [3.8, 4) is 11.5 Å². The number of benzene rings is 3. The number of nitrogens with one attached hydrogen (secondary N) is 2. The molecule has 174 valence electrons. The zero-order valence-corrected chi connectivity index (χ0v) is 20.1. The molecule has 0 radical (unpaired) electrons. The van der Waals surface area contributed by atoms with Crippen molar-refractivity contribution in [3.05, 3.63) is 81.6 Å². The first-order valence-corrected chi connectivity index (χ1v) is 11.1. The van der Waals surface area contributed by atoms with Crippen LogP contribution in [0.2, 0.25) is 10.0 Å². The number of methoxy groups -OCH3 is 1. The van der Waals surface area contributed by atoms with Crippen molar-refractivity contribution in [2.75, 3.05) is 17.7 Å². The average Bonchev–Trinajstić information content (AvgIpc) is 2.78. The lowest BCUT2D eigenvalue weighted by molar-refractivity contribution is -0.118. The molecule has 0 atom stereocenters. The van der Waals surface area contributed by atoms with Crippen LogP contribution in [0.3, 0.4) is 0 Å². The molecule has 0 heterocycles. The van der Waals surface area contributed by atoms with E-state index in [9.17, 15) is 9.18 Å². The Hall–Kier alpha value is -2.96. The van der Waals surface area contributed by atoms with Crippen LogP contribution in [0.1, 0.15) is 25.0 Å². The topological polar surface area (TPSA) is 59.6 Å². The van der Waals surface area contributed by atoms with Gasteiger partial charge >= 0.3 is 0 Å². The first kappa shape index (κ1) is 24.7. The second-order valence-corrected chi connectivity index (χ2v) is 8.51. The fourth-order valence-electron chi connectivity index (χ4n) is 2.93. The van der Waals surface area contributed by atoms with Crippen LogP contribution in [0.5, 0.6) is 11.5 Å². The van der Waals surface area contributed by atoms with Crippen molar-refractivity contribution >= 4 is 40.5 Å². The van der Waals surface area contributed by atoms with Crippen LogP contribution in [0, 0.1) is 11.7 Å². The predicted octanol–water partition coefficient (Wildman–Crippen LogP) is 6.93. The summed E-state index contributed by atoms with van der Waals surface area (Å²) >= 11 is 12.5. The van der Waals surface area contributed by atoms with Crippen molar-refractivity contribution in [2.24, 2.45) is 5.92 Å². The molecule has 3 aromatic carbocycles. The van der Waals surface area contributed by atoms with Gasteiger partial charge in [0.2, 0.25) is 5.91 Å². The van der Waals surface area contributed by atoms with Crippen molar-refractivity contribution in [1.29, 1.82) is 0 Å². The molecule has 8 heteroatoms. The molecule has 3 rings (SSSR count). The fourth-order valence-corrected chi connectivity index (χ4v) is 3.38. The summed E-state index contributed by atoms with van der Waals surface area (Å²) in [5.41, 5.74) is 3.08. The number of ether oxygens (including phenoxy) is 2. The van der Waals surface area contributed by atoms with Crippen LogP contribution in [0.15, 0.2) is 54.6 Å². The number of carbonyl (C=O) groups is 1. The molecule has 0 saturated carbocycles. The summed E-state index contributed by atoms with van der Waals surface area (Å²) in [5, 5.41) is 6.95. The smallest absolute Gasteiger partial charge is 0.226 e. The maximum absolute atomic E-state index is 13.2. The largest absolute Gasteiger partial charge is 0.493 e. The summed E-state index contributed by atoms with van der Waals surface area (Å²) in [6, 6.07) is 15.1. The highest BCUT2D eigenvalue weighted by molar-refractivity contribution is 6.31. The molecule has 2 N–H and O–H groups in total. The van der Waals surface area contributed by atoms with E-state index in [0.717, 1.165) is 16.9 Å². The van der Waals surface area contributed by atoms with E-state index in [1.165, 1.54) is 12.1 Å². The van der Waals surface area contributed by atoms with E-state index in [4.69, 9.17) is 32.7 Å². The number of amides is 1. The summed E-state index contributed by atoms with van der Waals surface area (Å²) < 4.78 is 24.5. The lowest BCUT2D eigenvalue weighted by atomic mass is 10.1. The lowest BCUT2D eigenvalue weighted by Crippen LogP contribution is -2.17. The van der Waals surface area contributed by atoms with Gasteiger partial charge in [-0.25, -0.2) is 4.39 Å². The Labute approximate surface area is 202 Å². The second-order valence-electron chi connectivity index (χ2n) is 7.69. The van der Waals surface area contributed by atoms with Gasteiger partial charge in [-0.05, 0) is 48.0 Å². The maximum Gasteiger partial charge on any atom is 0.226 e. The highest BCUT2D eigenvalue weighted by Gasteiger charge is 2.12. The zero-order valence-electron chi connectivity index (χ0n) is 18.5. The standard InChI is InChI=1S/C25H25Cl2FN2O3/c1-15(2)25(31)30-20-8-6-19(7-9-20)29-13-17-10-23(32-3)24(12-22(17)27)33-14-16-4-5-18(28)11-21(16)26/h4-12,15,29H,13-14H2,1-3H3,(H,30,31). The summed E-state index contributed by atoms with van der Waals surface area (Å²) in [4.78, 5) is 11.8. The fraction of sp³-hybridized carbons (Fsp3) is 0.240. The van der Waals surface area contributed by atoms with Crippen molar-refractivity contribution in [1.82, 2.24) is 0 Å². The van der Waals surface area contributed by atoms with Gasteiger partial charge in [0.15, 0.2) is 11.5 Å². The van der Waals surface area contributed by atoms with Gasteiger partial charge in [0.1, 0.15) is 12.4 Å². The number of halogens is 3. The molecule has 0 aliphatic heterocycles. The SMILES string of the molecule is COc1cc(CNc2ccc(NC(=O)C(C)C)cc2)c(Cl)cc1OCc1ccc(F)cc1Cl. The molecule has 0 spiro atoms. The third-order valence-electron chi connectivity index (χ3n) is 4.89. The third kappa shape index (κ3) is 6.76. The van der Waals surface area contributed by atoms with Crippen LogP contribution in [-0.2, 0) is 17.9 Å². The highest BCUT2D eigenvalue weighted by Crippen LogP contribution is 2.35. The quantitative estimate of drug-likeness (QED) is 0.341. The minimum Gasteiger partial charge on any atom is -0.493 e. The predicted molar refractivity (Wildman–Crippen MR) is 131 cm³/mol. The van der Waals surface area contributed by atoms with Gasteiger partial charge in [0.25, 0.3) is 0 Å². The van der Waals surface area contributed by atoms with Gasteiger partial charge < -0.3 is 20.1 Å². The van der Waals surface area contributed by atoms with Crippen molar-refractivity contribution in [2.45, 2.75) is 27.0 Å². The Morgan fingerprint density at radius 2 is 1.61 bits per heavy atom. The number of rotatable bonds is 9. The zero-order chi connectivity index (χ0) is 24.0. The van der Waals surface area contributed by atoms with E-state index < -0.39 is 5.82 Å². The number of hydrogen-bond acceptors (Lipinski definition) is 4. The molecule has 5 nitrogen and oxygen atoms in total. The third-order valence-corrected chi connectivity index (χ3v) is 5.59. The van der Waals surface area contributed by atoms with Crippen molar-refractivity contribution < 1.29 is 18.7 Å². The highest BCUT2D eigenvalue weighted by atomic mass is 35.5. The maximum atomic E-state index is 13.2.